The Morgan fingerprint density at radius 2 is 2.37 bits per heavy atom. The van der Waals surface area contributed by atoms with E-state index in [0.717, 1.165) is 5.01 Å². The average molecular weight is 283 g/mol. The van der Waals surface area contributed by atoms with Crippen molar-refractivity contribution in [2.45, 2.75) is 19.8 Å². The van der Waals surface area contributed by atoms with Crippen LogP contribution in [0, 0.1) is 5.41 Å². The van der Waals surface area contributed by atoms with Gasteiger partial charge < -0.3 is 15.7 Å². The average Bonchev–Trinajstić information content (AvgIpc) is 2.97. The maximum Gasteiger partial charge on any atom is 0.311 e. The zero-order valence-electron chi connectivity index (χ0n) is 10.8. The summed E-state index contributed by atoms with van der Waals surface area (Å²) >= 11 is 1.41. The Labute approximate surface area is 115 Å². The zero-order chi connectivity index (χ0) is 14.0. The summed E-state index contributed by atoms with van der Waals surface area (Å²) in [6.07, 6.45) is 1.14. The highest BCUT2D eigenvalue weighted by Crippen LogP contribution is 2.31. The Morgan fingerprint density at radius 3 is 2.95 bits per heavy atom. The Morgan fingerprint density at radius 1 is 1.63 bits per heavy atom. The quantitative estimate of drug-likeness (QED) is 0.842. The lowest BCUT2D eigenvalue weighted by Crippen LogP contribution is -2.35. The summed E-state index contributed by atoms with van der Waals surface area (Å²) in [7, 11) is 0. The van der Waals surface area contributed by atoms with E-state index in [2.05, 4.69) is 4.98 Å². The SMILES string of the molecule is CC1(C(=O)O)CCN(C(=O)c2csc(CCN)n2)C1. The van der Waals surface area contributed by atoms with Gasteiger partial charge in [-0.1, -0.05) is 0 Å². The number of carbonyl (C=O) groups excluding carboxylic acids is 1. The molecule has 1 aliphatic heterocycles. The van der Waals surface area contributed by atoms with Gasteiger partial charge in [-0.05, 0) is 19.9 Å². The molecule has 0 aromatic carbocycles. The van der Waals surface area contributed by atoms with Gasteiger partial charge in [0, 0.05) is 24.9 Å². The van der Waals surface area contributed by atoms with Crippen LogP contribution < -0.4 is 5.73 Å². The summed E-state index contributed by atoms with van der Waals surface area (Å²) in [5, 5.41) is 11.7. The number of hydrogen-bond donors (Lipinski definition) is 2. The van der Waals surface area contributed by atoms with E-state index in [1.807, 2.05) is 0 Å². The van der Waals surface area contributed by atoms with Gasteiger partial charge in [-0.15, -0.1) is 11.3 Å². The number of carboxylic acid groups (broad SMARTS) is 1. The Kier molecular flexibility index (Phi) is 3.86. The number of hydrogen-bond acceptors (Lipinski definition) is 5. The van der Waals surface area contributed by atoms with Gasteiger partial charge >= 0.3 is 5.97 Å². The van der Waals surface area contributed by atoms with Crippen molar-refractivity contribution in [1.29, 1.82) is 0 Å². The van der Waals surface area contributed by atoms with Crippen molar-refractivity contribution >= 4 is 23.2 Å². The van der Waals surface area contributed by atoms with E-state index < -0.39 is 11.4 Å². The fraction of sp³-hybridized carbons (Fsp3) is 0.583. The van der Waals surface area contributed by atoms with Crippen molar-refractivity contribution < 1.29 is 14.7 Å². The normalized spacial score (nSPS) is 22.7. The third-order valence-electron chi connectivity index (χ3n) is 3.41. The van der Waals surface area contributed by atoms with Crippen molar-refractivity contribution in [3.8, 4) is 0 Å². The smallest absolute Gasteiger partial charge is 0.311 e. The summed E-state index contributed by atoms with van der Waals surface area (Å²) in [5.74, 6) is -1.05. The number of aromatic nitrogens is 1. The van der Waals surface area contributed by atoms with Gasteiger partial charge in [-0.3, -0.25) is 9.59 Å². The molecule has 7 heteroatoms. The largest absolute Gasteiger partial charge is 0.481 e. The molecule has 1 atom stereocenters. The van der Waals surface area contributed by atoms with Crippen molar-refractivity contribution in [3.05, 3.63) is 16.1 Å². The van der Waals surface area contributed by atoms with E-state index in [4.69, 9.17) is 10.8 Å². The molecule has 1 aliphatic rings. The number of amides is 1. The number of carbonyl (C=O) groups is 2. The van der Waals surface area contributed by atoms with Crippen LogP contribution >= 0.6 is 11.3 Å². The highest BCUT2D eigenvalue weighted by atomic mass is 32.1. The predicted octanol–water partition coefficient (Wildman–Crippen LogP) is 0.581. The maximum atomic E-state index is 12.2. The van der Waals surface area contributed by atoms with Gasteiger partial charge in [-0.25, -0.2) is 4.98 Å². The highest BCUT2D eigenvalue weighted by molar-refractivity contribution is 7.09. The van der Waals surface area contributed by atoms with Gasteiger partial charge in [-0.2, -0.15) is 0 Å². The Bertz CT molecular complexity index is 502. The van der Waals surface area contributed by atoms with Crippen LogP contribution in [0.4, 0.5) is 0 Å². The van der Waals surface area contributed by atoms with Crippen LogP contribution in [-0.2, 0) is 11.2 Å². The molecule has 0 saturated carbocycles. The van der Waals surface area contributed by atoms with Crippen LogP contribution in [-0.4, -0.2) is 46.5 Å². The van der Waals surface area contributed by atoms with Crippen LogP contribution in [0.1, 0.15) is 28.8 Å². The molecule has 19 heavy (non-hydrogen) atoms. The van der Waals surface area contributed by atoms with Gasteiger partial charge in [0.2, 0.25) is 0 Å². The van der Waals surface area contributed by atoms with Gasteiger partial charge in [0.05, 0.1) is 10.4 Å². The molecule has 6 nitrogen and oxygen atoms in total. The lowest BCUT2D eigenvalue weighted by Gasteiger charge is -2.19. The first-order valence-corrected chi connectivity index (χ1v) is 7.01. The van der Waals surface area contributed by atoms with Crippen molar-refractivity contribution in [3.63, 3.8) is 0 Å². The third-order valence-corrected chi connectivity index (χ3v) is 4.31. The van der Waals surface area contributed by atoms with E-state index in [1.54, 1.807) is 17.2 Å². The van der Waals surface area contributed by atoms with Crippen LogP contribution in [0.2, 0.25) is 0 Å². The molecule has 0 spiro atoms. The molecule has 0 aliphatic carbocycles. The number of rotatable bonds is 4. The van der Waals surface area contributed by atoms with Crippen LogP contribution in [0.25, 0.3) is 0 Å². The standard InChI is InChI=1S/C12H17N3O3S/c1-12(11(17)18)3-5-15(7-12)10(16)8-6-19-9(14-8)2-4-13/h6H,2-5,7,13H2,1H3,(H,17,18). The van der Waals surface area contributed by atoms with Crippen LogP contribution in [0.3, 0.4) is 0 Å². The first kappa shape index (κ1) is 14.0. The van der Waals surface area contributed by atoms with Crippen molar-refractivity contribution in [2.24, 2.45) is 11.1 Å². The second-order valence-electron chi connectivity index (χ2n) is 5.01. The molecule has 104 valence electrons. The van der Waals surface area contributed by atoms with Gasteiger partial charge in [0.15, 0.2) is 0 Å². The summed E-state index contributed by atoms with van der Waals surface area (Å²) < 4.78 is 0. The Balaban J connectivity index is 2.06. The first-order chi connectivity index (χ1) is 8.96. The number of thiazole rings is 1. The minimum absolute atomic E-state index is 0.190. The van der Waals surface area contributed by atoms with Crippen molar-refractivity contribution in [1.82, 2.24) is 9.88 Å². The number of nitrogens with two attached hydrogens (primary N) is 1. The fourth-order valence-electron chi connectivity index (χ4n) is 2.12. The third kappa shape index (κ3) is 2.76. The lowest BCUT2D eigenvalue weighted by molar-refractivity contribution is -0.147. The summed E-state index contributed by atoms with van der Waals surface area (Å²) in [4.78, 5) is 29.2. The minimum Gasteiger partial charge on any atom is -0.481 e. The molecule has 1 aromatic rings. The molecule has 1 unspecified atom stereocenters. The molecule has 2 heterocycles. The number of nitrogens with zero attached hydrogens (tertiary/aromatic N) is 2. The number of carboxylic acids is 1. The van der Waals surface area contributed by atoms with Crippen molar-refractivity contribution in [2.75, 3.05) is 19.6 Å². The predicted molar refractivity (Wildman–Crippen MR) is 71.1 cm³/mol. The lowest BCUT2D eigenvalue weighted by atomic mass is 9.90. The van der Waals surface area contributed by atoms with Crippen LogP contribution in [0.5, 0.6) is 0 Å². The fourth-order valence-corrected chi connectivity index (χ4v) is 2.91. The molecule has 1 aromatic heterocycles. The molecule has 3 N–H and O–H groups in total. The molecular weight excluding hydrogens is 266 g/mol. The molecule has 0 radical (unpaired) electrons. The highest BCUT2D eigenvalue weighted by Gasteiger charge is 2.42. The number of aliphatic carboxylic acids is 1. The summed E-state index contributed by atoms with van der Waals surface area (Å²) in [6, 6.07) is 0. The molecule has 0 bridgehead atoms. The second-order valence-corrected chi connectivity index (χ2v) is 5.95. The molecule has 1 saturated heterocycles. The first-order valence-electron chi connectivity index (χ1n) is 6.13. The monoisotopic (exact) mass is 283 g/mol. The Hall–Kier alpha value is -1.47. The molecular formula is C12H17N3O3S. The molecule has 1 amide bonds. The summed E-state index contributed by atoms with van der Waals surface area (Å²) in [6.45, 7) is 2.88. The molecule has 1 fully saturated rings. The zero-order valence-corrected chi connectivity index (χ0v) is 11.6. The minimum atomic E-state index is -0.857. The summed E-state index contributed by atoms with van der Waals surface area (Å²) in [5.41, 5.74) is 4.99. The van der Waals surface area contributed by atoms with E-state index in [9.17, 15) is 9.59 Å². The van der Waals surface area contributed by atoms with Crippen LogP contribution in [0.15, 0.2) is 5.38 Å². The number of likely N-dealkylation sites (tertiary alicyclic amines) is 1. The van der Waals surface area contributed by atoms with Gasteiger partial charge in [0.1, 0.15) is 5.69 Å². The maximum absolute atomic E-state index is 12.2. The van der Waals surface area contributed by atoms with E-state index in [1.165, 1.54) is 11.3 Å². The molecule has 2 rings (SSSR count). The van der Waals surface area contributed by atoms with Gasteiger partial charge in [0.25, 0.3) is 5.91 Å². The van der Waals surface area contributed by atoms with E-state index in [0.29, 0.717) is 31.6 Å². The topological polar surface area (TPSA) is 96.5 Å². The van der Waals surface area contributed by atoms with E-state index >= 15 is 0 Å². The van der Waals surface area contributed by atoms with E-state index in [-0.39, 0.29) is 12.5 Å². The second kappa shape index (κ2) is 5.26.